The van der Waals surface area contributed by atoms with Crippen LogP contribution in [0.3, 0.4) is 0 Å². The van der Waals surface area contributed by atoms with Gasteiger partial charge in [-0.15, -0.1) is 0 Å². The summed E-state index contributed by atoms with van der Waals surface area (Å²) in [4.78, 5) is 16.7. The Morgan fingerprint density at radius 2 is 1.65 bits per heavy atom. The van der Waals surface area contributed by atoms with E-state index >= 15 is 0 Å². The lowest BCUT2D eigenvalue weighted by molar-refractivity contribution is 0.522. The van der Waals surface area contributed by atoms with E-state index < -0.39 is 5.63 Å². The average Bonchev–Trinajstić information content (AvgIpc) is 2.56. The van der Waals surface area contributed by atoms with E-state index in [0.717, 1.165) is 20.0 Å². The number of hydrogen-bond donors (Lipinski definition) is 1. The van der Waals surface area contributed by atoms with Crippen molar-refractivity contribution in [2.24, 2.45) is 0 Å². The summed E-state index contributed by atoms with van der Waals surface area (Å²) in [5, 5.41) is 5.58. The molecular weight excluding hydrogens is 403 g/mol. The maximum Gasteiger partial charge on any atom is 0.348 e. The van der Waals surface area contributed by atoms with Crippen molar-refractivity contribution < 1.29 is 4.42 Å². The van der Waals surface area contributed by atoms with E-state index in [2.05, 4.69) is 32.9 Å². The highest BCUT2D eigenvalue weighted by Gasteiger charge is 2.09. The molecule has 0 amide bonds. The molecular formula is C18H11IN2O2. The summed E-state index contributed by atoms with van der Waals surface area (Å²) >= 11 is 2.22. The number of rotatable bonds is 2. The molecule has 0 radical (unpaired) electrons. The molecule has 1 heterocycles. The van der Waals surface area contributed by atoms with Gasteiger partial charge in [0.05, 0.1) is 16.6 Å². The maximum atomic E-state index is 12.3. The molecule has 0 spiro atoms. The Kier molecular flexibility index (Phi) is 3.49. The average molecular weight is 414 g/mol. The van der Waals surface area contributed by atoms with E-state index in [9.17, 15) is 4.79 Å². The molecule has 112 valence electrons. The van der Waals surface area contributed by atoms with Gasteiger partial charge >= 0.3 is 11.6 Å². The third-order valence-electron chi connectivity index (χ3n) is 3.61. The Hall–Kier alpha value is -2.41. The van der Waals surface area contributed by atoms with Gasteiger partial charge in [0, 0.05) is 3.57 Å². The first-order chi connectivity index (χ1) is 11.2. The van der Waals surface area contributed by atoms with E-state index in [1.807, 2.05) is 60.7 Å². The Labute approximate surface area is 145 Å². The van der Waals surface area contributed by atoms with Crippen LogP contribution in [0.15, 0.2) is 69.9 Å². The fraction of sp³-hybridized carbons (Fsp3) is 0. The molecule has 0 saturated heterocycles. The van der Waals surface area contributed by atoms with Crippen LogP contribution < -0.4 is 10.9 Å². The summed E-state index contributed by atoms with van der Waals surface area (Å²) < 4.78 is 6.34. The maximum absolute atomic E-state index is 12.3. The predicted octanol–water partition coefficient (Wildman–Crippen LogP) is 4.69. The summed E-state index contributed by atoms with van der Waals surface area (Å²) in [5.74, 6) is 0. The van der Waals surface area contributed by atoms with Crippen LogP contribution >= 0.6 is 22.6 Å². The van der Waals surface area contributed by atoms with Gasteiger partial charge in [0.25, 0.3) is 0 Å². The van der Waals surface area contributed by atoms with Gasteiger partial charge in [-0.25, -0.2) is 4.79 Å². The largest absolute Gasteiger partial charge is 0.388 e. The van der Waals surface area contributed by atoms with Gasteiger partial charge in [-0.3, -0.25) is 0 Å². The number of halogens is 1. The minimum Gasteiger partial charge on any atom is -0.388 e. The van der Waals surface area contributed by atoms with Crippen molar-refractivity contribution in [3.63, 3.8) is 0 Å². The van der Waals surface area contributed by atoms with Gasteiger partial charge in [0.1, 0.15) is 0 Å². The second-order valence-electron chi connectivity index (χ2n) is 5.13. The van der Waals surface area contributed by atoms with E-state index in [1.165, 1.54) is 0 Å². The minimum atomic E-state index is -0.394. The molecule has 1 N–H and O–H groups in total. The first-order valence-electron chi connectivity index (χ1n) is 7.06. The van der Waals surface area contributed by atoms with Crippen LogP contribution in [0.5, 0.6) is 0 Å². The number of aromatic nitrogens is 1. The fourth-order valence-corrected chi connectivity index (χ4v) is 3.01. The Morgan fingerprint density at radius 3 is 2.43 bits per heavy atom. The fourth-order valence-electron chi connectivity index (χ4n) is 2.49. The van der Waals surface area contributed by atoms with Gasteiger partial charge < -0.3 is 9.73 Å². The molecule has 23 heavy (non-hydrogen) atoms. The standard InChI is InChI=1S/C18H11IN2O2/c19-14-7-3-4-8-15(14)20-18-21-16-10-12-6-2-1-5-11(12)9-13(16)17(22)23-18/h1-10H,(H,20,21). The highest BCUT2D eigenvalue weighted by molar-refractivity contribution is 14.1. The van der Waals surface area contributed by atoms with Gasteiger partial charge in [0.15, 0.2) is 0 Å². The molecule has 0 fully saturated rings. The summed E-state index contributed by atoms with van der Waals surface area (Å²) in [6.45, 7) is 0. The number of fused-ring (bicyclic) bond motifs is 2. The van der Waals surface area contributed by atoms with Crippen LogP contribution in [0.25, 0.3) is 21.7 Å². The van der Waals surface area contributed by atoms with Gasteiger partial charge in [-0.1, -0.05) is 36.4 Å². The van der Waals surface area contributed by atoms with E-state index in [0.29, 0.717) is 10.9 Å². The number of hydrogen-bond acceptors (Lipinski definition) is 4. The topological polar surface area (TPSA) is 55.1 Å². The first kappa shape index (κ1) is 14.2. The van der Waals surface area contributed by atoms with Crippen LogP contribution in [-0.4, -0.2) is 4.98 Å². The summed E-state index contributed by atoms with van der Waals surface area (Å²) in [5.41, 5.74) is 1.08. The zero-order valence-electron chi connectivity index (χ0n) is 11.9. The molecule has 3 aromatic carbocycles. The molecule has 0 bridgehead atoms. The molecule has 4 nitrogen and oxygen atoms in total. The third-order valence-corrected chi connectivity index (χ3v) is 4.55. The van der Waals surface area contributed by atoms with E-state index in [1.54, 1.807) is 0 Å². The Morgan fingerprint density at radius 1 is 0.957 bits per heavy atom. The monoisotopic (exact) mass is 414 g/mol. The zero-order chi connectivity index (χ0) is 15.8. The lowest BCUT2D eigenvalue weighted by atomic mass is 10.1. The summed E-state index contributed by atoms with van der Waals surface area (Å²) in [6, 6.07) is 19.5. The zero-order valence-corrected chi connectivity index (χ0v) is 14.1. The van der Waals surface area contributed by atoms with Crippen LogP contribution in [-0.2, 0) is 0 Å². The number of nitrogens with one attached hydrogen (secondary N) is 1. The molecule has 0 saturated carbocycles. The number of nitrogens with zero attached hydrogens (tertiary/aromatic N) is 1. The Balaban J connectivity index is 1.87. The number of benzene rings is 3. The van der Waals surface area contributed by atoms with Gasteiger partial charge in [0.2, 0.25) is 0 Å². The van der Waals surface area contributed by atoms with Crippen molar-refractivity contribution in [3.8, 4) is 0 Å². The van der Waals surface area contributed by atoms with Crippen LogP contribution in [0.1, 0.15) is 0 Å². The van der Waals surface area contributed by atoms with Crippen molar-refractivity contribution in [1.82, 2.24) is 4.98 Å². The van der Waals surface area contributed by atoms with E-state index in [-0.39, 0.29) is 6.01 Å². The molecule has 0 aliphatic heterocycles. The van der Waals surface area contributed by atoms with Crippen LogP contribution in [0, 0.1) is 3.57 Å². The predicted molar refractivity (Wildman–Crippen MR) is 100 cm³/mol. The molecule has 0 aliphatic carbocycles. The van der Waals surface area contributed by atoms with Crippen molar-refractivity contribution in [2.75, 3.05) is 5.32 Å². The highest BCUT2D eigenvalue weighted by atomic mass is 127. The molecule has 0 unspecified atom stereocenters. The van der Waals surface area contributed by atoms with Crippen LogP contribution in [0.2, 0.25) is 0 Å². The number of para-hydroxylation sites is 1. The Bertz CT molecular complexity index is 1090. The molecule has 0 atom stereocenters. The van der Waals surface area contributed by atoms with Crippen molar-refractivity contribution >= 4 is 56.0 Å². The molecule has 5 heteroatoms. The SMILES string of the molecule is O=c1oc(Nc2ccccc2I)nc2cc3ccccc3cc12. The van der Waals surface area contributed by atoms with Gasteiger partial charge in [-0.05, 0) is 57.6 Å². The summed E-state index contributed by atoms with van der Waals surface area (Å²) in [6.07, 6.45) is 0. The first-order valence-corrected chi connectivity index (χ1v) is 8.14. The van der Waals surface area contributed by atoms with Crippen LogP contribution in [0.4, 0.5) is 11.7 Å². The molecule has 0 aliphatic rings. The lowest BCUT2D eigenvalue weighted by Gasteiger charge is -2.07. The molecule has 4 aromatic rings. The quantitative estimate of drug-likeness (QED) is 0.382. The lowest BCUT2D eigenvalue weighted by Crippen LogP contribution is -2.05. The number of anilines is 2. The van der Waals surface area contributed by atoms with Crippen molar-refractivity contribution in [2.45, 2.75) is 0 Å². The summed E-state index contributed by atoms with van der Waals surface area (Å²) in [7, 11) is 0. The molecule has 1 aromatic heterocycles. The minimum absolute atomic E-state index is 0.196. The second kappa shape index (κ2) is 5.66. The van der Waals surface area contributed by atoms with Crippen molar-refractivity contribution in [1.29, 1.82) is 0 Å². The smallest absolute Gasteiger partial charge is 0.348 e. The highest BCUT2D eigenvalue weighted by Crippen LogP contribution is 2.23. The molecule has 4 rings (SSSR count). The van der Waals surface area contributed by atoms with E-state index in [4.69, 9.17) is 4.42 Å². The van der Waals surface area contributed by atoms with Gasteiger partial charge in [-0.2, -0.15) is 4.98 Å². The third kappa shape index (κ3) is 2.68. The van der Waals surface area contributed by atoms with Crippen molar-refractivity contribution in [3.05, 3.63) is 74.7 Å². The second-order valence-corrected chi connectivity index (χ2v) is 6.29. The normalized spacial score (nSPS) is 11.0.